The molecule has 430 valence electrons. The lowest BCUT2D eigenvalue weighted by atomic mass is 9.72. The molecule has 30 heteroatoms. The third-order valence-electron chi connectivity index (χ3n) is 14.4. The minimum Gasteiger partial charge on any atom is -0.506 e. The number of Topliss-reactive ketones (excluding diaryl/α,β-unsaturated/α-hetero) is 1. The highest BCUT2D eigenvalue weighted by Crippen LogP contribution is 2.54. The molecule has 3 heterocycles. The van der Waals surface area contributed by atoms with Gasteiger partial charge in [-0.1, -0.05) is 26.5 Å². The molecule has 0 saturated carbocycles. The van der Waals surface area contributed by atoms with Gasteiger partial charge < -0.3 is 24.3 Å². The van der Waals surface area contributed by atoms with E-state index in [2.05, 4.69) is 6.58 Å². The molecule has 80 heavy (non-hydrogen) atoms. The first-order valence-electron chi connectivity index (χ1n) is 24.2. The minimum absolute atomic E-state index is 0.0180. The average molecular weight is 1210 g/mol. The Morgan fingerprint density at radius 1 is 0.738 bits per heavy atom. The van der Waals surface area contributed by atoms with E-state index in [9.17, 15) is 84.3 Å². The second-order valence-electron chi connectivity index (χ2n) is 20.0. The van der Waals surface area contributed by atoms with Crippen molar-refractivity contribution in [1.29, 1.82) is 0 Å². The smallest absolute Gasteiger partial charge is 0.333 e. The number of anilines is 1. The van der Waals surface area contributed by atoms with E-state index < -0.39 is 110 Å². The second kappa shape index (κ2) is 21.2. The number of fused-ring (bicyclic) bond motifs is 6. The number of ketones is 1. The van der Waals surface area contributed by atoms with Crippen LogP contribution in [-0.4, -0.2) is 149 Å². The number of nitrogens with zero attached hydrogens (tertiary/aromatic N) is 3. The van der Waals surface area contributed by atoms with E-state index in [0.29, 0.717) is 12.1 Å². The number of allylic oxidation sites excluding steroid dienone is 6. The molecule has 4 aromatic rings. The van der Waals surface area contributed by atoms with Crippen LogP contribution in [0.1, 0.15) is 70.4 Å². The van der Waals surface area contributed by atoms with Gasteiger partial charge in [-0.2, -0.15) is 46.7 Å². The number of hydroxylamine groups is 2. The van der Waals surface area contributed by atoms with Gasteiger partial charge in [-0.15, -0.1) is 5.06 Å². The Hall–Kier alpha value is -6.29. The fourth-order valence-corrected chi connectivity index (χ4v) is 14.0. The van der Waals surface area contributed by atoms with Crippen LogP contribution in [0.5, 0.6) is 0 Å². The molecular weight excluding hydrogens is 1150 g/mol. The highest BCUT2D eigenvalue weighted by molar-refractivity contribution is 7.87. The standard InChI is InChI=1S/C50H53N3O22S5/c1-28-9-14-43(54)53(28)75-44(55)8-6-16-51-37-12-10-31-33(22-29(77(61,62)63)24-39(31)79(67,68)69)45(37)49(2,3)41(51)26-35-47(56)36(48(35)57)27-42-50(4,15-7-21-76(58,59)60)46-34-23-30(78(64,65)66)25-40(80(70,71)72)32(34)11-13-38(46)52(42)17-18-74-20-19-73-5/h10-13,22-27H,1,6-9,14-21H2,2-5H3,(H5-,56,57,58,59,60,61,62,63,64,65,66,67,68,69,70,71,72)/p+1. The molecule has 25 nitrogen and oxygen atoms in total. The van der Waals surface area contributed by atoms with Crippen LogP contribution in [-0.2, 0) is 90.1 Å². The summed E-state index contributed by atoms with van der Waals surface area (Å²) in [5, 5.41) is 12.3. The SMILES string of the molecule is C=C1CCC(=O)N1OC(=O)CCCN1/C(=C/C2=C(O)C(=C/C3=[N+](CCOCCOC)c4ccc5c(S(=O)(=O)O)cc(S(=O)(=O)O)cc5c4C3(C)CCCS(=O)(=O)O)/C2=O)C(C)(C)c2c1ccc1c(S(=O)(=O)O)cc(S(=O)(=O)O)cc21. The Kier molecular flexibility index (Phi) is 15.9. The van der Waals surface area contributed by atoms with Gasteiger partial charge in [0.05, 0.1) is 51.0 Å². The third-order valence-corrected chi connectivity index (χ3v) is 18.7. The van der Waals surface area contributed by atoms with Crippen molar-refractivity contribution in [1.82, 2.24) is 5.06 Å². The summed E-state index contributed by atoms with van der Waals surface area (Å²) < 4.78 is 189. The number of hydrogen-bond acceptors (Lipinski definition) is 18. The fraction of sp³-hybridized carbons (Fsp3) is 0.360. The number of carbonyl (C=O) groups is 3. The number of carbonyl (C=O) groups excluding carboxylic acids is 3. The normalized spacial score (nSPS) is 19.8. The van der Waals surface area contributed by atoms with Gasteiger partial charge in [0.25, 0.3) is 56.5 Å². The lowest BCUT2D eigenvalue weighted by molar-refractivity contribution is -0.442. The van der Waals surface area contributed by atoms with Crippen molar-refractivity contribution >= 4 is 107 Å². The summed E-state index contributed by atoms with van der Waals surface area (Å²) in [5.74, 6) is -3.53. The van der Waals surface area contributed by atoms with Crippen LogP contribution in [0.2, 0.25) is 0 Å². The zero-order valence-corrected chi connectivity index (χ0v) is 47.1. The van der Waals surface area contributed by atoms with E-state index in [1.165, 1.54) is 43.5 Å². The van der Waals surface area contributed by atoms with Gasteiger partial charge >= 0.3 is 5.97 Å². The Labute approximate surface area is 459 Å². The monoisotopic (exact) mass is 1210 g/mol. The van der Waals surface area contributed by atoms with E-state index in [1.807, 2.05) is 0 Å². The molecule has 0 bridgehead atoms. The van der Waals surface area contributed by atoms with Crippen molar-refractivity contribution in [2.24, 2.45) is 0 Å². The third kappa shape index (κ3) is 11.4. The number of ether oxygens (including phenoxy) is 2. The van der Waals surface area contributed by atoms with E-state index in [-0.39, 0.29) is 144 Å². The Morgan fingerprint density at radius 3 is 1.85 bits per heavy atom. The van der Waals surface area contributed by atoms with E-state index in [0.717, 1.165) is 17.2 Å². The molecule has 0 radical (unpaired) electrons. The first-order valence-corrected chi connectivity index (χ1v) is 31.6. The fourth-order valence-electron chi connectivity index (χ4n) is 10.8. The van der Waals surface area contributed by atoms with Crippen molar-refractivity contribution in [3.63, 3.8) is 0 Å². The van der Waals surface area contributed by atoms with E-state index in [4.69, 9.17) is 14.3 Å². The molecule has 8 rings (SSSR count). The Balaban J connectivity index is 1.31. The van der Waals surface area contributed by atoms with Gasteiger partial charge in [-0.05, 0) is 91.4 Å². The van der Waals surface area contributed by atoms with Crippen molar-refractivity contribution in [2.75, 3.05) is 50.7 Å². The Morgan fingerprint density at radius 2 is 1.32 bits per heavy atom. The highest BCUT2D eigenvalue weighted by atomic mass is 32.2. The Bertz CT molecular complexity index is 4110. The lowest BCUT2D eigenvalue weighted by Crippen LogP contribution is -2.35. The van der Waals surface area contributed by atoms with Crippen LogP contribution in [0.25, 0.3) is 21.5 Å². The van der Waals surface area contributed by atoms with Crippen molar-refractivity contribution in [3.05, 3.63) is 107 Å². The van der Waals surface area contributed by atoms with Crippen LogP contribution < -0.4 is 4.90 Å². The second-order valence-corrected chi connectivity index (χ2v) is 27.2. The van der Waals surface area contributed by atoms with Gasteiger partial charge in [-0.3, -0.25) is 32.4 Å². The number of benzene rings is 4. The molecule has 0 aromatic heterocycles. The summed E-state index contributed by atoms with van der Waals surface area (Å²) >= 11 is 0. The van der Waals surface area contributed by atoms with Crippen molar-refractivity contribution < 1.29 is 103 Å². The molecule has 1 fully saturated rings. The summed E-state index contributed by atoms with van der Waals surface area (Å²) in [4.78, 5) is 43.5. The maximum Gasteiger partial charge on any atom is 0.333 e. The topological polar surface area (TPSA) is 380 Å². The molecule has 1 atom stereocenters. The first kappa shape index (κ1) is 59.8. The number of hydrogen-bond donors (Lipinski definition) is 6. The van der Waals surface area contributed by atoms with E-state index in [1.54, 1.807) is 30.2 Å². The molecule has 4 aromatic carbocycles. The van der Waals surface area contributed by atoms with Gasteiger partial charge in [0.15, 0.2) is 12.3 Å². The van der Waals surface area contributed by atoms with Gasteiger partial charge in [0.1, 0.15) is 22.2 Å². The van der Waals surface area contributed by atoms with Gasteiger partial charge in [0, 0.05) is 71.8 Å². The molecule has 3 aliphatic heterocycles. The minimum atomic E-state index is -5.22. The molecule has 1 amide bonds. The molecule has 6 N–H and O–H groups in total. The van der Waals surface area contributed by atoms with Crippen LogP contribution in [0.3, 0.4) is 0 Å². The predicted molar refractivity (Wildman–Crippen MR) is 284 cm³/mol. The molecular formula is C50H54N3O22S5+. The van der Waals surface area contributed by atoms with Gasteiger partial charge in [0.2, 0.25) is 11.5 Å². The van der Waals surface area contributed by atoms with Crippen LogP contribution in [0.15, 0.2) is 115 Å². The lowest BCUT2D eigenvalue weighted by Gasteiger charge is -2.29. The quantitative estimate of drug-likeness (QED) is 0.0275. The molecule has 4 aliphatic rings. The number of rotatable bonds is 21. The summed E-state index contributed by atoms with van der Waals surface area (Å²) in [6.45, 7) is 8.56. The molecule has 1 aliphatic carbocycles. The average Bonchev–Trinajstić information content (AvgIpc) is 3.88. The van der Waals surface area contributed by atoms with Crippen LogP contribution >= 0.6 is 0 Å². The number of methoxy groups -OCH3 is 1. The molecule has 1 unspecified atom stereocenters. The van der Waals surface area contributed by atoms with Gasteiger partial charge in [-0.25, -0.2) is 4.79 Å². The summed E-state index contributed by atoms with van der Waals surface area (Å²) in [6.07, 6.45) is 2.07. The zero-order chi connectivity index (χ0) is 59.0. The maximum atomic E-state index is 14.8. The number of amides is 1. The zero-order valence-electron chi connectivity index (χ0n) is 43.1. The first-order chi connectivity index (χ1) is 37.0. The van der Waals surface area contributed by atoms with Crippen LogP contribution in [0, 0.1) is 0 Å². The van der Waals surface area contributed by atoms with Crippen LogP contribution in [0.4, 0.5) is 11.4 Å². The number of aliphatic hydroxyl groups is 1. The largest absolute Gasteiger partial charge is 0.506 e. The number of aliphatic hydroxyl groups excluding tert-OH is 1. The summed E-state index contributed by atoms with van der Waals surface area (Å²) in [6, 6.07) is 8.49. The molecule has 0 spiro atoms. The highest BCUT2D eigenvalue weighted by Gasteiger charge is 2.51. The van der Waals surface area contributed by atoms with E-state index >= 15 is 0 Å². The molecule has 1 saturated heterocycles. The van der Waals surface area contributed by atoms with Crippen molar-refractivity contribution in [3.8, 4) is 0 Å². The maximum absolute atomic E-state index is 14.8. The predicted octanol–water partition coefficient (Wildman–Crippen LogP) is 5.04. The summed E-state index contributed by atoms with van der Waals surface area (Å²) in [7, 11) is -23.9. The summed E-state index contributed by atoms with van der Waals surface area (Å²) in [5.41, 5.74) is -2.22. The van der Waals surface area contributed by atoms with Crippen molar-refractivity contribution in [2.45, 2.75) is 89.7 Å².